The van der Waals surface area contributed by atoms with Gasteiger partial charge in [-0.15, -0.1) is 11.8 Å². The van der Waals surface area contributed by atoms with E-state index in [1.54, 1.807) is 18.8 Å². The van der Waals surface area contributed by atoms with Gasteiger partial charge in [0.05, 0.1) is 16.6 Å². The number of likely N-dealkylation sites (N-methyl/N-ethyl adjacent to an activating group) is 1. The highest BCUT2D eigenvalue weighted by molar-refractivity contribution is 7.98. The van der Waals surface area contributed by atoms with E-state index in [0.29, 0.717) is 17.6 Å². The molecule has 0 aliphatic carbocycles. The first-order chi connectivity index (χ1) is 13.9. The summed E-state index contributed by atoms with van der Waals surface area (Å²) in [6.45, 7) is -0.00592. The normalized spacial score (nSPS) is 10.7. The second-order valence-electron chi connectivity index (χ2n) is 6.34. The molecule has 0 aliphatic rings. The Bertz CT molecular complexity index is 1170. The number of nitrogens with one attached hydrogen (secondary N) is 2. The van der Waals surface area contributed by atoms with Crippen LogP contribution in [0.1, 0.15) is 15.9 Å². The van der Waals surface area contributed by atoms with Crippen molar-refractivity contribution in [1.29, 1.82) is 0 Å². The molecular weight excluding hydrogens is 394 g/mol. The Morgan fingerprint density at radius 2 is 1.66 bits per heavy atom. The van der Waals surface area contributed by atoms with E-state index in [9.17, 15) is 19.2 Å². The van der Waals surface area contributed by atoms with Gasteiger partial charge in [-0.05, 0) is 42.2 Å². The zero-order valence-electron chi connectivity index (χ0n) is 15.9. The monoisotopic (exact) mass is 413 g/mol. The van der Waals surface area contributed by atoms with Gasteiger partial charge in [0, 0.05) is 18.5 Å². The van der Waals surface area contributed by atoms with Crippen molar-refractivity contribution in [1.82, 2.24) is 14.9 Å². The van der Waals surface area contributed by atoms with Gasteiger partial charge in [-0.25, -0.2) is 4.79 Å². The maximum Gasteiger partial charge on any atom is 0.338 e. The molecule has 3 aromatic rings. The molecule has 0 radical (unpaired) electrons. The van der Waals surface area contributed by atoms with Crippen LogP contribution in [0.15, 0.2) is 56.9 Å². The van der Waals surface area contributed by atoms with Crippen molar-refractivity contribution in [3.63, 3.8) is 0 Å². The first kappa shape index (κ1) is 20.4. The van der Waals surface area contributed by atoms with E-state index in [1.807, 2.05) is 30.5 Å². The second kappa shape index (κ2) is 8.78. The summed E-state index contributed by atoms with van der Waals surface area (Å²) >= 11 is 1.64. The number of rotatable bonds is 6. The van der Waals surface area contributed by atoms with E-state index in [-0.39, 0.29) is 11.5 Å². The number of aromatic nitrogens is 2. The molecule has 2 N–H and O–H groups in total. The molecule has 0 atom stereocenters. The zero-order chi connectivity index (χ0) is 21.0. The number of carbonyl (C=O) groups excluding carboxylic acids is 2. The largest absolute Gasteiger partial charge is 0.452 e. The fraction of sp³-hybridized carbons (Fsp3) is 0.200. The number of aromatic amines is 2. The highest BCUT2D eigenvalue weighted by atomic mass is 32.2. The highest BCUT2D eigenvalue weighted by Gasteiger charge is 2.15. The van der Waals surface area contributed by atoms with Gasteiger partial charge >= 0.3 is 17.1 Å². The summed E-state index contributed by atoms with van der Waals surface area (Å²) in [7, 11) is 1.63. The van der Waals surface area contributed by atoms with Crippen molar-refractivity contribution in [2.75, 3.05) is 19.9 Å². The molecule has 0 spiro atoms. The van der Waals surface area contributed by atoms with Crippen LogP contribution in [0.25, 0.3) is 11.0 Å². The number of ether oxygens (including phenoxy) is 1. The van der Waals surface area contributed by atoms with Crippen LogP contribution in [0.5, 0.6) is 0 Å². The smallest absolute Gasteiger partial charge is 0.338 e. The zero-order valence-corrected chi connectivity index (χ0v) is 16.7. The van der Waals surface area contributed by atoms with Crippen LogP contribution in [-0.2, 0) is 16.1 Å². The molecule has 0 fully saturated rings. The van der Waals surface area contributed by atoms with E-state index in [2.05, 4.69) is 9.97 Å². The Balaban J connectivity index is 1.61. The van der Waals surface area contributed by atoms with Gasteiger partial charge in [0.1, 0.15) is 0 Å². The van der Waals surface area contributed by atoms with Crippen molar-refractivity contribution in [3.8, 4) is 0 Å². The maximum absolute atomic E-state index is 12.3. The highest BCUT2D eigenvalue weighted by Crippen LogP contribution is 2.16. The molecule has 1 aromatic heterocycles. The molecule has 1 heterocycles. The molecule has 1 amide bonds. The van der Waals surface area contributed by atoms with E-state index >= 15 is 0 Å². The fourth-order valence-electron chi connectivity index (χ4n) is 2.66. The number of benzene rings is 2. The number of carbonyl (C=O) groups is 2. The lowest BCUT2D eigenvalue weighted by Gasteiger charge is -2.17. The SMILES string of the molecule is CSc1ccc(CN(C)C(=O)COC(=O)c2ccc3[nH]c(=O)c(=O)[nH]c3c2)cc1. The lowest BCUT2D eigenvalue weighted by Crippen LogP contribution is -2.31. The lowest BCUT2D eigenvalue weighted by atomic mass is 10.2. The number of H-pyrrole nitrogens is 2. The van der Waals surface area contributed by atoms with Gasteiger partial charge < -0.3 is 19.6 Å². The van der Waals surface area contributed by atoms with Gasteiger partial charge in [-0.1, -0.05) is 12.1 Å². The summed E-state index contributed by atoms with van der Waals surface area (Å²) in [5.41, 5.74) is 0.214. The number of nitrogens with zero attached hydrogens (tertiary/aromatic N) is 1. The molecular formula is C20H19N3O5S. The quantitative estimate of drug-likeness (QED) is 0.362. The van der Waals surface area contributed by atoms with E-state index in [1.165, 1.54) is 23.1 Å². The Morgan fingerprint density at radius 1 is 1.00 bits per heavy atom. The van der Waals surface area contributed by atoms with Crippen molar-refractivity contribution in [3.05, 3.63) is 74.3 Å². The van der Waals surface area contributed by atoms with Gasteiger partial charge in [0.25, 0.3) is 5.91 Å². The molecule has 2 aromatic carbocycles. The molecule has 9 heteroatoms. The average molecular weight is 413 g/mol. The standard InChI is InChI=1S/C20H19N3O5S/c1-23(10-12-3-6-14(29-2)7-4-12)17(24)11-28-20(27)13-5-8-15-16(9-13)22-19(26)18(25)21-15/h3-9H,10-11H2,1-2H3,(H,21,25)(H,22,26). The molecule has 0 unspecified atom stereocenters. The average Bonchev–Trinajstić information content (AvgIpc) is 2.72. The van der Waals surface area contributed by atoms with Gasteiger partial charge in [0.15, 0.2) is 6.61 Å². The molecule has 0 saturated carbocycles. The van der Waals surface area contributed by atoms with Crippen LogP contribution < -0.4 is 11.1 Å². The van der Waals surface area contributed by atoms with E-state index in [4.69, 9.17) is 4.74 Å². The number of hydrogen-bond acceptors (Lipinski definition) is 6. The lowest BCUT2D eigenvalue weighted by molar-refractivity contribution is -0.133. The Labute approximate surface area is 169 Å². The van der Waals surface area contributed by atoms with Gasteiger partial charge in [-0.2, -0.15) is 0 Å². The van der Waals surface area contributed by atoms with Gasteiger partial charge in [-0.3, -0.25) is 14.4 Å². The van der Waals surface area contributed by atoms with Crippen LogP contribution in [-0.4, -0.2) is 46.7 Å². The Hall–Kier alpha value is -3.33. The van der Waals surface area contributed by atoms with E-state index < -0.39 is 23.7 Å². The molecule has 0 aliphatic heterocycles. The van der Waals surface area contributed by atoms with Gasteiger partial charge in [0.2, 0.25) is 0 Å². The summed E-state index contributed by atoms with van der Waals surface area (Å²) in [6.07, 6.45) is 1.99. The number of amides is 1. The van der Waals surface area contributed by atoms with Crippen LogP contribution in [0.2, 0.25) is 0 Å². The fourth-order valence-corrected chi connectivity index (χ4v) is 3.06. The third-order valence-corrected chi connectivity index (χ3v) is 5.03. The predicted octanol–water partition coefficient (Wildman–Crippen LogP) is 1.75. The molecule has 0 saturated heterocycles. The molecule has 150 valence electrons. The van der Waals surface area contributed by atoms with Crippen molar-refractivity contribution in [2.24, 2.45) is 0 Å². The topological polar surface area (TPSA) is 112 Å². The molecule has 3 rings (SSSR count). The first-order valence-corrected chi connectivity index (χ1v) is 9.90. The third-order valence-electron chi connectivity index (χ3n) is 4.29. The maximum atomic E-state index is 12.3. The summed E-state index contributed by atoms with van der Waals surface area (Å²) in [5.74, 6) is -1.05. The minimum absolute atomic E-state index is 0.156. The second-order valence-corrected chi connectivity index (χ2v) is 7.22. The Kier molecular flexibility index (Phi) is 6.18. The first-order valence-electron chi connectivity index (χ1n) is 8.68. The number of fused-ring (bicyclic) bond motifs is 1. The minimum atomic E-state index is -0.814. The minimum Gasteiger partial charge on any atom is -0.452 e. The summed E-state index contributed by atoms with van der Waals surface area (Å²) in [5, 5.41) is 0. The number of thioether (sulfide) groups is 1. The van der Waals surface area contributed by atoms with Crippen molar-refractivity contribution >= 4 is 34.7 Å². The van der Waals surface area contributed by atoms with Crippen LogP contribution in [0, 0.1) is 0 Å². The van der Waals surface area contributed by atoms with E-state index in [0.717, 1.165) is 10.5 Å². The van der Waals surface area contributed by atoms with Crippen LogP contribution >= 0.6 is 11.8 Å². The third kappa shape index (κ3) is 4.94. The van der Waals surface area contributed by atoms with Crippen LogP contribution in [0.4, 0.5) is 0 Å². The summed E-state index contributed by atoms with van der Waals surface area (Å²) in [4.78, 5) is 54.6. The Morgan fingerprint density at radius 3 is 2.31 bits per heavy atom. The number of esters is 1. The van der Waals surface area contributed by atoms with Crippen molar-refractivity contribution in [2.45, 2.75) is 11.4 Å². The summed E-state index contributed by atoms with van der Waals surface area (Å²) < 4.78 is 5.09. The molecule has 29 heavy (non-hydrogen) atoms. The van der Waals surface area contributed by atoms with Crippen molar-refractivity contribution < 1.29 is 14.3 Å². The van der Waals surface area contributed by atoms with Crippen LogP contribution in [0.3, 0.4) is 0 Å². The summed E-state index contributed by atoms with van der Waals surface area (Å²) in [6, 6.07) is 12.2. The molecule has 0 bridgehead atoms. The predicted molar refractivity (Wildman–Crippen MR) is 110 cm³/mol. The molecule has 8 nitrogen and oxygen atoms in total. The number of hydrogen-bond donors (Lipinski definition) is 2.